The second-order valence-corrected chi connectivity index (χ2v) is 7.12. The van der Waals surface area contributed by atoms with Crippen LogP contribution in [-0.2, 0) is 6.54 Å². The number of thiazole rings is 1. The van der Waals surface area contributed by atoms with Gasteiger partial charge in [-0.1, -0.05) is 54.6 Å². The molecule has 28 heavy (non-hydrogen) atoms. The van der Waals surface area contributed by atoms with E-state index < -0.39 is 0 Å². The van der Waals surface area contributed by atoms with Crippen LogP contribution < -0.4 is 15.4 Å². The quantitative estimate of drug-likeness (QED) is 0.328. The third-order valence-electron chi connectivity index (χ3n) is 4.43. The molecule has 3 aromatic carbocycles. The minimum Gasteiger partial charge on any atom is -0.496 e. The van der Waals surface area contributed by atoms with Gasteiger partial charge in [-0.15, -0.1) is 11.3 Å². The van der Waals surface area contributed by atoms with E-state index in [4.69, 9.17) is 10.1 Å². The van der Waals surface area contributed by atoms with Crippen molar-refractivity contribution in [3.05, 3.63) is 77.7 Å². The number of para-hydroxylation sites is 1. The van der Waals surface area contributed by atoms with Crippen molar-refractivity contribution in [1.29, 1.82) is 5.41 Å². The summed E-state index contributed by atoms with van der Waals surface area (Å²) in [6.07, 6.45) is 0. The van der Waals surface area contributed by atoms with Gasteiger partial charge < -0.3 is 15.4 Å². The molecule has 0 spiro atoms. The average molecular weight is 388 g/mol. The standard InChI is InChI=1S/C22H20N4OS/c1-27-20-9-5-4-8-18(20)13-24-21(23)26-22-25-19(14-28-22)17-11-10-15-6-2-3-7-16(15)12-17/h2-12,14H,13H2,1H3,(H3,23,24,25,26). The second kappa shape index (κ2) is 8.10. The van der Waals surface area contributed by atoms with Crippen LogP contribution in [0, 0.1) is 5.41 Å². The highest BCUT2D eigenvalue weighted by Crippen LogP contribution is 2.27. The maximum atomic E-state index is 8.13. The molecule has 0 saturated heterocycles. The first kappa shape index (κ1) is 18.0. The number of methoxy groups -OCH3 is 1. The van der Waals surface area contributed by atoms with Crippen LogP contribution in [0.2, 0.25) is 0 Å². The number of rotatable bonds is 5. The van der Waals surface area contributed by atoms with Gasteiger partial charge in [-0.05, 0) is 22.9 Å². The Morgan fingerprint density at radius 2 is 1.82 bits per heavy atom. The number of benzene rings is 3. The maximum Gasteiger partial charge on any atom is 0.195 e. The molecule has 0 atom stereocenters. The Morgan fingerprint density at radius 3 is 2.68 bits per heavy atom. The minimum atomic E-state index is 0.199. The Balaban J connectivity index is 1.42. The molecule has 0 bridgehead atoms. The molecule has 0 fully saturated rings. The molecule has 1 aromatic heterocycles. The molecule has 0 saturated carbocycles. The number of nitrogens with one attached hydrogen (secondary N) is 3. The number of aromatic nitrogens is 1. The van der Waals surface area contributed by atoms with E-state index in [2.05, 4.69) is 45.9 Å². The van der Waals surface area contributed by atoms with Crippen LogP contribution in [0.25, 0.3) is 22.0 Å². The summed E-state index contributed by atoms with van der Waals surface area (Å²) >= 11 is 1.48. The molecule has 0 aliphatic rings. The van der Waals surface area contributed by atoms with E-state index in [1.165, 1.54) is 22.1 Å². The number of fused-ring (bicyclic) bond motifs is 1. The number of hydrogen-bond donors (Lipinski definition) is 3. The maximum absolute atomic E-state index is 8.13. The van der Waals surface area contributed by atoms with E-state index >= 15 is 0 Å². The number of ether oxygens (including phenoxy) is 1. The molecule has 0 aliphatic carbocycles. The zero-order valence-corrected chi connectivity index (χ0v) is 16.2. The van der Waals surface area contributed by atoms with E-state index in [1.54, 1.807) is 7.11 Å². The Labute approximate surface area is 167 Å². The van der Waals surface area contributed by atoms with Crippen molar-refractivity contribution in [2.45, 2.75) is 6.54 Å². The van der Waals surface area contributed by atoms with Crippen LogP contribution in [0.3, 0.4) is 0 Å². The van der Waals surface area contributed by atoms with Crippen molar-refractivity contribution in [3.8, 4) is 17.0 Å². The molecule has 0 radical (unpaired) electrons. The summed E-state index contributed by atoms with van der Waals surface area (Å²) in [5.41, 5.74) is 2.96. The van der Waals surface area contributed by atoms with Gasteiger partial charge in [0.2, 0.25) is 0 Å². The zero-order valence-electron chi connectivity index (χ0n) is 15.4. The van der Waals surface area contributed by atoms with Gasteiger partial charge in [-0.25, -0.2) is 4.98 Å². The summed E-state index contributed by atoms with van der Waals surface area (Å²) in [4.78, 5) is 4.62. The Bertz CT molecular complexity index is 1120. The monoisotopic (exact) mass is 388 g/mol. The second-order valence-electron chi connectivity index (χ2n) is 6.27. The van der Waals surface area contributed by atoms with E-state index in [0.717, 1.165) is 22.6 Å². The van der Waals surface area contributed by atoms with Crippen LogP contribution in [0.5, 0.6) is 5.75 Å². The highest BCUT2D eigenvalue weighted by molar-refractivity contribution is 7.14. The predicted octanol–water partition coefficient (Wildman–Crippen LogP) is 5.11. The van der Waals surface area contributed by atoms with E-state index in [9.17, 15) is 0 Å². The van der Waals surface area contributed by atoms with Gasteiger partial charge in [0, 0.05) is 23.1 Å². The molecule has 4 rings (SSSR count). The fourth-order valence-electron chi connectivity index (χ4n) is 3.00. The summed E-state index contributed by atoms with van der Waals surface area (Å²) in [5.74, 6) is 1.00. The van der Waals surface area contributed by atoms with Crippen molar-refractivity contribution < 1.29 is 4.74 Å². The molecule has 0 aliphatic heterocycles. The van der Waals surface area contributed by atoms with Gasteiger partial charge in [-0.3, -0.25) is 5.41 Å². The van der Waals surface area contributed by atoms with Crippen LogP contribution in [0.15, 0.2) is 72.1 Å². The van der Waals surface area contributed by atoms with Gasteiger partial charge in [0.1, 0.15) is 5.75 Å². The first-order valence-electron chi connectivity index (χ1n) is 8.89. The van der Waals surface area contributed by atoms with Crippen molar-refractivity contribution in [2.75, 3.05) is 12.4 Å². The molecule has 3 N–H and O–H groups in total. The predicted molar refractivity (Wildman–Crippen MR) is 116 cm³/mol. The lowest BCUT2D eigenvalue weighted by molar-refractivity contribution is 0.409. The van der Waals surface area contributed by atoms with Crippen molar-refractivity contribution in [2.24, 2.45) is 0 Å². The molecule has 6 heteroatoms. The van der Waals surface area contributed by atoms with Gasteiger partial charge in [0.05, 0.1) is 12.8 Å². The lowest BCUT2D eigenvalue weighted by Gasteiger charge is -2.11. The molecule has 5 nitrogen and oxygen atoms in total. The summed E-state index contributed by atoms with van der Waals surface area (Å²) < 4.78 is 5.34. The van der Waals surface area contributed by atoms with Crippen molar-refractivity contribution in [1.82, 2.24) is 10.3 Å². The largest absolute Gasteiger partial charge is 0.496 e. The summed E-state index contributed by atoms with van der Waals surface area (Å²) in [6.45, 7) is 0.499. The molecular weight excluding hydrogens is 368 g/mol. The van der Waals surface area contributed by atoms with Gasteiger partial charge in [-0.2, -0.15) is 0 Å². The molecule has 1 heterocycles. The SMILES string of the molecule is COc1ccccc1CNC(=N)Nc1nc(-c2ccc3ccccc3c2)cs1. The molecular formula is C22H20N4OS. The normalized spacial score (nSPS) is 10.6. The fourth-order valence-corrected chi connectivity index (χ4v) is 3.72. The third kappa shape index (κ3) is 3.97. The van der Waals surface area contributed by atoms with Gasteiger partial charge in [0.15, 0.2) is 11.1 Å². The smallest absolute Gasteiger partial charge is 0.195 e. The van der Waals surface area contributed by atoms with Crippen LogP contribution >= 0.6 is 11.3 Å². The number of hydrogen-bond acceptors (Lipinski definition) is 4. The Hall–Kier alpha value is -3.38. The van der Waals surface area contributed by atoms with Crippen molar-refractivity contribution in [3.63, 3.8) is 0 Å². The highest BCUT2D eigenvalue weighted by atomic mass is 32.1. The highest BCUT2D eigenvalue weighted by Gasteiger charge is 2.08. The Kier molecular flexibility index (Phi) is 5.21. The fraction of sp³-hybridized carbons (Fsp3) is 0.0909. The molecule has 0 amide bonds. The number of anilines is 1. The molecule has 0 unspecified atom stereocenters. The van der Waals surface area contributed by atoms with Crippen molar-refractivity contribution >= 4 is 33.2 Å². The van der Waals surface area contributed by atoms with Gasteiger partial charge in [0.25, 0.3) is 0 Å². The summed E-state index contributed by atoms with van der Waals surface area (Å²) in [6, 6.07) is 22.4. The van der Waals surface area contributed by atoms with E-state index in [-0.39, 0.29) is 5.96 Å². The topological polar surface area (TPSA) is 70.0 Å². The lowest BCUT2D eigenvalue weighted by Crippen LogP contribution is -2.29. The van der Waals surface area contributed by atoms with E-state index in [1.807, 2.05) is 41.8 Å². The van der Waals surface area contributed by atoms with Crippen LogP contribution in [0.1, 0.15) is 5.56 Å². The summed E-state index contributed by atoms with van der Waals surface area (Å²) in [7, 11) is 1.65. The first-order chi connectivity index (χ1) is 13.7. The first-order valence-corrected chi connectivity index (χ1v) is 9.77. The molecule has 140 valence electrons. The van der Waals surface area contributed by atoms with E-state index in [0.29, 0.717) is 11.7 Å². The van der Waals surface area contributed by atoms with Crippen LogP contribution in [-0.4, -0.2) is 18.1 Å². The lowest BCUT2D eigenvalue weighted by atomic mass is 10.1. The zero-order chi connectivity index (χ0) is 19.3. The molecule has 4 aromatic rings. The third-order valence-corrected chi connectivity index (χ3v) is 5.19. The van der Waals surface area contributed by atoms with Gasteiger partial charge >= 0.3 is 0 Å². The number of nitrogens with zero attached hydrogens (tertiary/aromatic N) is 1. The number of guanidine groups is 1. The average Bonchev–Trinajstić information content (AvgIpc) is 3.20. The minimum absolute atomic E-state index is 0.199. The summed E-state index contributed by atoms with van der Waals surface area (Å²) in [5, 5.41) is 19.3. The Morgan fingerprint density at radius 1 is 1.04 bits per heavy atom. The van der Waals surface area contributed by atoms with Crippen LogP contribution in [0.4, 0.5) is 5.13 Å².